The van der Waals surface area contributed by atoms with Crippen molar-refractivity contribution in [2.24, 2.45) is 62.0 Å². The number of aliphatic hydroxyl groups is 5. The van der Waals surface area contributed by atoms with E-state index in [-0.39, 0.29) is 137 Å². The number of ketones is 4. The predicted octanol–water partition coefficient (Wildman–Crippen LogP) is 5.51. The topological polar surface area (TPSA) is 643 Å². The summed E-state index contributed by atoms with van der Waals surface area (Å²) in [4.78, 5) is 85.1. The largest absolute Gasteiger partial charge is 0.452 e. The van der Waals surface area contributed by atoms with Crippen LogP contribution in [-0.2, 0) is 114 Å². The Balaban J connectivity index is 0.000000159. The second kappa shape index (κ2) is 47.1. The molecule has 10 heterocycles. The monoisotopic (exact) mass is 2120 g/mol. The van der Waals surface area contributed by atoms with Crippen molar-refractivity contribution in [3.8, 4) is 0 Å². The number of alkyl halides is 5. The number of nitrogens with zero attached hydrogens (tertiary/aromatic N) is 15. The van der Waals surface area contributed by atoms with Crippen molar-refractivity contribution >= 4 is 105 Å². The van der Waals surface area contributed by atoms with Crippen molar-refractivity contribution in [3.05, 3.63) is 271 Å². The Kier molecular flexibility index (Phi) is 35.9. The molecule has 0 radical (unpaired) electrons. The van der Waals surface area contributed by atoms with Gasteiger partial charge in [0.15, 0.2) is 11.6 Å². The SMILES string of the molecule is NS(=O)(=O)OC[C@H]1C[C@@H](Cc2ncncc2C(=O)c2cc(Cl)n(Cc3cc(C(F)(F)F)on3)c2)[C@@H](F)[C@@H]1O.NS(=O)(=O)OC[C@H]1C[C@@H](Cc2ncncc2C(=O)c2ccn(CC3=CCCOC3)n2)C[C@@H]1O.NS(=O)(=O)OC[C@H]1C[C@@H](Cc2ncncc2C(=O)c2ccn(Cc3ccc(Cl)cc3F)n2)[C@H](O)[C@@H]1O.NS(=O)(=O)OC[C@H]1C[C@@H](Nc2ncncc2C(=O)c2ccn(Cc3cccc(Cl)c3)c2)[C@@H](F)[C@@H]1O. The van der Waals surface area contributed by atoms with Crippen molar-refractivity contribution in [2.45, 2.75) is 139 Å². The lowest BCUT2D eigenvalue weighted by atomic mass is 9.95. The standard InChI is InChI=1S/C22H23ClFN5O6S.C22H23ClFN5O5S.C21H20ClF4N5O6S.C21H27N5O6S/c23-15-2-1-12(17(24)7-15)9-29-4-3-18(28-29)22(32)16-8-26-11-27-19(16)6-13-5-14(21(31)20(13)30)10-35-36(25,33)34;23-16-3-1-2-13(6-16)9-29-5-4-14(10-29)20(30)17-8-26-12-27-22(17)28-18-7-15(21(31)19(18)24)11-34-35(25,32)33;22-17-3-11(6-31(17)7-13-4-16(37-30-13)21(24,25)26)19(32)14-5-28-9-29-15(14)2-10-1-12(20(33)18(10)23)8-36-38(27,34)35;22-33(29,30)32-12-16-6-15(8-20(16)27)7-19-17(9-23-13-24-19)21(28)18-3-4-26(25-18)10-14-2-1-5-31-11-14/h1-4,7-8,11,13-14,20-21,30-31H,5-6,9-10H2,(H2,25,33,34);1-6,8,10,12,15,18-19,21,31H,7,9,11H2,(H2,25,32,33)(H,26,27,28);3-6,9-10,12,18,20,33H,1-2,7-8H2,(H2,27,34,35);2-4,9,13,15-16,20,27H,1,5-8,10-12H2,(H2,22,29,30)/t13-,14+,20-,21+;15-,18-,19-,21-;10-,12+,18+,20+;15-,16+,20-/m0100/s1. The Labute approximate surface area is 821 Å². The number of rotatable bonds is 36. The fourth-order valence-corrected chi connectivity index (χ4v) is 19.0. The highest BCUT2D eigenvalue weighted by atomic mass is 35.5. The summed E-state index contributed by atoms with van der Waals surface area (Å²) < 4.78 is 204. The van der Waals surface area contributed by atoms with Gasteiger partial charge >= 0.3 is 47.4 Å². The lowest BCUT2D eigenvalue weighted by molar-refractivity contribution is -0.155. The summed E-state index contributed by atoms with van der Waals surface area (Å²) in [6.07, 6.45) is 8.83. The fraction of sp³-hybridized carbons (Fsp3) is 0.407. The molecule has 2 aromatic carbocycles. The van der Waals surface area contributed by atoms with Crippen molar-refractivity contribution in [3.63, 3.8) is 0 Å². The maximum atomic E-state index is 14.8. The highest BCUT2D eigenvalue weighted by Gasteiger charge is 2.47. The third kappa shape index (κ3) is 29.8. The number of carbonyl (C=O) groups excluding carboxylic acids is 4. The normalized spacial score (nSPS) is 22.5. The van der Waals surface area contributed by atoms with Crippen LogP contribution >= 0.6 is 34.8 Å². The van der Waals surface area contributed by atoms with E-state index in [4.69, 9.17) is 60.1 Å². The van der Waals surface area contributed by atoms with E-state index in [1.165, 1.54) is 89.7 Å². The summed E-state index contributed by atoms with van der Waals surface area (Å²) in [7, 11) is -16.8. The summed E-state index contributed by atoms with van der Waals surface area (Å²) >= 11 is 18.0. The number of benzene rings is 2. The molecule has 0 spiro atoms. The van der Waals surface area contributed by atoms with E-state index in [0.717, 1.165) is 30.5 Å². The molecule has 4 saturated carbocycles. The first kappa shape index (κ1) is 108. The Bertz CT molecular complexity index is 6860. The molecule has 762 valence electrons. The summed E-state index contributed by atoms with van der Waals surface area (Å²) in [5, 5.41) is 86.5. The molecule has 43 nitrogen and oxygen atoms in total. The summed E-state index contributed by atoms with van der Waals surface area (Å²) in [5.74, 6) is -7.41. The van der Waals surface area contributed by atoms with Gasteiger partial charge in [0.05, 0.1) is 135 Å². The van der Waals surface area contributed by atoms with Crippen molar-refractivity contribution in [1.29, 1.82) is 0 Å². The Hall–Kier alpha value is -11.1. The average molecular weight is 2120 g/mol. The van der Waals surface area contributed by atoms with Crippen LogP contribution in [0.4, 0.5) is 32.2 Å². The number of hydrogen-bond acceptors (Lipinski definition) is 35. The summed E-state index contributed by atoms with van der Waals surface area (Å²) in [6.45, 7) is 0.709. The Morgan fingerprint density at radius 2 is 1.04 bits per heavy atom. The number of anilines is 1. The molecule has 0 saturated heterocycles. The maximum Gasteiger partial charge on any atom is 0.452 e. The molecule has 9 aromatic heterocycles. The Morgan fingerprint density at radius 3 is 1.61 bits per heavy atom. The summed E-state index contributed by atoms with van der Waals surface area (Å²) in [5.41, 5.74) is 4.93. The first-order chi connectivity index (χ1) is 67.1. The molecule has 5 aliphatic rings. The third-order valence-corrected chi connectivity index (χ3v) is 26.5. The number of aromatic nitrogens is 15. The number of aliphatic hydroxyl groups excluding tert-OH is 5. The minimum atomic E-state index is -4.71. The van der Waals surface area contributed by atoms with Gasteiger partial charge in [0.1, 0.15) is 71.5 Å². The number of carbonyl (C=O) groups is 4. The van der Waals surface area contributed by atoms with Crippen molar-refractivity contribution in [2.75, 3.05) is 45.0 Å². The second-order valence-electron chi connectivity index (χ2n) is 34.0. The van der Waals surface area contributed by atoms with Gasteiger partial charge in [-0.15, -0.1) is 0 Å². The predicted molar refractivity (Wildman–Crippen MR) is 487 cm³/mol. The second-order valence-corrected chi connectivity index (χ2v) is 40.2. The molecule has 1 aliphatic heterocycles. The first-order valence-corrected chi connectivity index (χ1v) is 50.2. The van der Waals surface area contributed by atoms with Crippen LogP contribution in [-0.4, -0.2) is 245 Å². The van der Waals surface area contributed by atoms with E-state index >= 15 is 0 Å². The summed E-state index contributed by atoms with van der Waals surface area (Å²) in [6, 6.07) is 17.5. The number of halogens is 9. The Morgan fingerprint density at radius 1 is 0.521 bits per heavy atom. The molecule has 4 fully saturated rings. The van der Waals surface area contributed by atoms with Gasteiger partial charge in [0.2, 0.25) is 17.3 Å². The number of nitrogens with one attached hydrogen (secondary N) is 1. The van der Waals surface area contributed by atoms with Crippen LogP contribution < -0.4 is 25.9 Å². The van der Waals surface area contributed by atoms with E-state index in [1.54, 1.807) is 47.5 Å². The molecule has 0 unspecified atom stereocenters. The molecule has 11 aromatic rings. The van der Waals surface area contributed by atoms with Gasteiger partial charge < -0.3 is 49.2 Å². The van der Waals surface area contributed by atoms with Crippen LogP contribution in [0.1, 0.15) is 142 Å². The minimum absolute atomic E-state index is 0.00586. The van der Waals surface area contributed by atoms with Gasteiger partial charge in [-0.1, -0.05) is 64.2 Å². The number of ether oxygens (including phenoxy) is 1. The van der Waals surface area contributed by atoms with Crippen LogP contribution in [0.3, 0.4) is 0 Å². The van der Waals surface area contributed by atoms with Crippen LogP contribution in [0, 0.1) is 47.2 Å². The van der Waals surface area contributed by atoms with Crippen LogP contribution in [0.5, 0.6) is 0 Å². The molecule has 15 atom stereocenters. The molecule has 142 heavy (non-hydrogen) atoms. The van der Waals surface area contributed by atoms with Gasteiger partial charge in [-0.2, -0.15) is 57.0 Å². The van der Waals surface area contributed by atoms with E-state index in [0.29, 0.717) is 83.8 Å². The van der Waals surface area contributed by atoms with Gasteiger partial charge in [-0.05, 0) is 135 Å². The molecule has 56 heteroatoms. The zero-order valence-electron chi connectivity index (χ0n) is 74.2. The molecular formula is C86H93Cl3F6N20O23S4. The van der Waals surface area contributed by atoms with E-state index in [2.05, 4.69) is 87.9 Å². The smallest absolute Gasteiger partial charge is 0.393 e. The average Bonchev–Trinajstić information content (AvgIpc) is 1.66. The molecule has 0 bridgehead atoms. The molecular weight excluding hydrogens is 2030 g/mol. The maximum absolute atomic E-state index is 14.8. The van der Waals surface area contributed by atoms with Gasteiger partial charge in [-0.25, -0.2) is 73.6 Å². The highest BCUT2D eigenvalue weighted by molar-refractivity contribution is 7.85. The highest BCUT2D eigenvalue weighted by Crippen LogP contribution is 2.41. The van der Waals surface area contributed by atoms with Gasteiger partial charge in [0.25, 0.3) is 0 Å². The van der Waals surface area contributed by atoms with Crippen LogP contribution in [0.15, 0.2) is 170 Å². The molecule has 0 amide bonds. The lowest BCUT2D eigenvalue weighted by Crippen LogP contribution is -2.33. The zero-order chi connectivity index (χ0) is 102. The zero-order valence-corrected chi connectivity index (χ0v) is 79.8. The number of hydrogen-bond donors (Lipinski definition) is 10. The third-order valence-electron chi connectivity index (χ3n) is 23.9. The van der Waals surface area contributed by atoms with Crippen LogP contribution in [0.25, 0.3) is 0 Å². The van der Waals surface area contributed by atoms with Crippen molar-refractivity contribution in [1.82, 2.24) is 73.7 Å². The quantitative estimate of drug-likeness (QED) is 0.0131. The fourth-order valence-electron chi connectivity index (χ4n) is 16.9. The molecule has 4 aliphatic carbocycles. The van der Waals surface area contributed by atoms with E-state index in [1.807, 2.05) is 22.8 Å². The lowest BCUT2D eigenvalue weighted by Gasteiger charge is -2.18. The van der Waals surface area contributed by atoms with E-state index in [9.17, 15) is 105 Å². The van der Waals surface area contributed by atoms with Gasteiger partial charge in [0, 0.05) is 119 Å². The number of nitrogens with two attached hydrogens (primary N) is 4. The van der Waals surface area contributed by atoms with Gasteiger partial charge in [-0.3, -0.25) is 45.3 Å². The first-order valence-electron chi connectivity index (χ1n) is 43.2. The minimum Gasteiger partial charge on any atom is -0.393 e. The van der Waals surface area contributed by atoms with Crippen molar-refractivity contribution < 1.29 is 131 Å². The van der Waals surface area contributed by atoms with E-state index < -0.39 is 162 Å². The molecule has 14 N–H and O–H groups in total. The van der Waals surface area contributed by atoms with Crippen LogP contribution in [0.2, 0.25) is 15.2 Å². The molecule has 16 rings (SSSR count).